The van der Waals surface area contributed by atoms with E-state index in [1.165, 1.54) is 0 Å². The molecule has 0 radical (unpaired) electrons. The highest BCUT2D eigenvalue weighted by Gasteiger charge is 2.34. The van der Waals surface area contributed by atoms with Crippen LogP contribution in [0.1, 0.15) is 29.4 Å². The van der Waals surface area contributed by atoms with Crippen molar-refractivity contribution in [2.24, 2.45) is 5.92 Å². The molecule has 0 bridgehead atoms. The van der Waals surface area contributed by atoms with Crippen LogP contribution in [0, 0.1) is 12.8 Å². The van der Waals surface area contributed by atoms with Gasteiger partial charge in [0, 0.05) is 24.7 Å². The maximum absolute atomic E-state index is 12.4. The molecule has 92 valence electrons. The van der Waals surface area contributed by atoms with Crippen molar-refractivity contribution in [2.45, 2.75) is 26.3 Å². The van der Waals surface area contributed by atoms with Gasteiger partial charge in [-0.2, -0.15) is 0 Å². The zero-order chi connectivity index (χ0) is 12.4. The van der Waals surface area contributed by atoms with Gasteiger partial charge < -0.3 is 4.90 Å². The van der Waals surface area contributed by atoms with Crippen molar-refractivity contribution >= 4 is 17.5 Å². The Morgan fingerprint density at radius 1 is 1.65 bits per heavy atom. The summed E-state index contributed by atoms with van der Waals surface area (Å²) in [5, 5.41) is 0. The summed E-state index contributed by atoms with van der Waals surface area (Å²) < 4.78 is 0. The predicted octanol–water partition coefficient (Wildman–Crippen LogP) is 2.48. The van der Waals surface area contributed by atoms with E-state index in [4.69, 9.17) is 11.6 Å². The highest BCUT2D eigenvalue weighted by Crippen LogP contribution is 2.26. The number of carbonyl (C=O) groups is 1. The molecule has 2 atom stereocenters. The van der Waals surface area contributed by atoms with Gasteiger partial charge in [0.15, 0.2) is 0 Å². The predicted molar refractivity (Wildman–Crippen MR) is 68.3 cm³/mol. The first-order valence-electron chi connectivity index (χ1n) is 5.93. The van der Waals surface area contributed by atoms with Crippen LogP contribution in [0.15, 0.2) is 18.3 Å². The molecule has 2 unspecified atom stereocenters. The standard InChI is InChI=1S/C13H17ClN2O/c1-9-5-7-16(11(9)8-14)13(17)12-10(2)4-3-6-15-12/h3-4,6,9,11H,5,7-8H2,1-2H3. The first-order valence-corrected chi connectivity index (χ1v) is 6.47. The van der Waals surface area contributed by atoms with Gasteiger partial charge >= 0.3 is 0 Å². The second-order valence-corrected chi connectivity index (χ2v) is 4.96. The molecule has 0 saturated carbocycles. The summed E-state index contributed by atoms with van der Waals surface area (Å²) in [5.41, 5.74) is 1.47. The third kappa shape index (κ3) is 2.29. The molecule has 0 aliphatic carbocycles. The smallest absolute Gasteiger partial charge is 0.273 e. The van der Waals surface area contributed by atoms with E-state index in [0.717, 1.165) is 18.5 Å². The Balaban J connectivity index is 2.24. The second-order valence-electron chi connectivity index (χ2n) is 4.66. The van der Waals surface area contributed by atoms with Crippen molar-refractivity contribution in [3.63, 3.8) is 0 Å². The van der Waals surface area contributed by atoms with Crippen molar-refractivity contribution in [1.82, 2.24) is 9.88 Å². The lowest BCUT2D eigenvalue weighted by atomic mass is 10.0. The molecule has 4 heteroatoms. The monoisotopic (exact) mass is 252 g/mol. The van der Waals surface area contributed by atoms with E-state index >= 15 is 0 Å². The molecule has 3 nitrogen and oxygen atoms in total. The number of nitrogens with zero attached hydrogens (tertiary/aromatic N) is 2. The number of alkyl halides is 1. The molecule has 2 heterocycles. The van der Waals surface area contributed by atoms with Crippen LogP contribution in [0.4, 0.5) is 0 Å². The average molecular weight is 253 g/mol. The Morgan fingerprint density at radius 3 is 3.06 bits per heavy atom. The molecular formula is C13H17ClN2O. The lowest BCUT2D eigenvalue weighted by Gasteiger charge is -2.25. The summed E-state index contributed by atoms with van der Waals surface area (Å²) in [5.74, 6) is 0.984. The summed E-state index contributed by atoms with van der Waals surface area (Å²) in [6, 6.07) is 3.90. The van der Waals surface area contributed by atoms with Crippen LogP contribution in [0.25, 0.3) is 0 Å². The zero-order valence-electron chi connectivity index (χ0n) is 10.2. The molecular weight excluding hydrogens is 236 g/mol. The van der Waals surface area contributed by atoms with Crippen molar-refractivity contribution in [3.8, 4) is 0 Å². The van der Waals surface area contributed by atoms with Gasteiger partial charge in [-0.3, -0.25) is 9.78 Å². The summed E-state index contributed by atoms with van der Waals surface area (Å²) >= 11 is 5.95. The Hall–Kier alpha value is -1.09. The molecule has 1 aliphatic rings. The van der Waals surface area contributed by atoms with Gasteiger partial charge in [-0.25, -0.2) is 0 Å². The first kappa shape index (κ1) is 12.4. The molecule has 1 fully saturated rings. The third-order valence-electron chi connectivity index (χ3n) is 3.51. The Labute approximate surface area is 107 Å². The molecule has 17 heavy (non-hydrogen) atoms. The number of amides is 1. The zero-order valence-corrected chi connectivity index (χ0v) is 10.9. The van der Waals surface area contributed by atoms with E-state index < -0.39 is 0 Å². The van der Waals surface area contributed by atoms with E-state index in [2.05, 4.69) is 11.9 Å². The summed E-state index contributed by atoms with van der Waals surface area (Å²) in [4.78, 5) is 18.4. The number of pyridine rings is 1. The molecule has 0 aromatic carbocycles. The molecule has 1 aromatic heterocycles. The van der Waals surface area contributed by atoms with Crippen LogP contribution in [-0.4, -0.2) is 34.3 Å². The van der Waals surface area contributed by atoms with E-state index in [9.17, 15) is 4.79 Å². The van der Waals surface area contributed by atoms with Gasteiger partial charge in [0.25, 0.3) is 5.91 Å². The van der Waals surface area contributed by atoms with Crippen LogP contribution in [0.2, 0.25) is 0 Å². The number of carbonyl (C=O) groups excluding carboxylic acids is 1. The van der Waals surface area contributed by atoms with Crippen molar-refractivity contribution in [3.05, 3.63) is 29.6 Å². The minimum Gasteiger partial charge on any atom is -0.333 e. The highest BCUT2D eigenvalue weighted by molar-refractivity contribution is 6.18. The van der Waals surface area contributed by atoms with Gasteiger partial charge in [0.1, 0.15) is 5.69 Å². The molecule has 1 amide bonds. The van der Waals surface area contributed by atoms with Gasteiger partial charge in [0.2, 0.25) is 0 Å². The first-order chi connectivity index (χ1) is 8.15. The number of aryl methyl sites for hydroxylation is 1. The van der Waals surface area contributed by atoms with Crippen LogP contribution < -0.4 is 0 Å². The normalized spacial score (nSPS) is 24.1. The number of likely N-dealkylation sites (tertiary alicyclic amines) is 1. The number of aromatic nitrogens is 1. The molecule has 1 aromatic rings. The SMILES string of the molecule is Cc1cccnc1C(=O)N1CCC(C)C1CCl. The highest BCUT2D eigenvalue weighted by atomic mass is 35.5. The van der Waals surface area contributed by atoms with Gasteiger partial charge in [0.05, 0.1) is 0 Å². The number of hydrogen-bond donors (Lipinski definition) is 0. The second kappa shape index (κ2) is 5.05. The third-order valence-corrected chi connectivity index (χ3v) is 3.83. The van der Waals surface area contributed by atoms with Gasteiger partial charge in [-0.15, -0.1) is 11.6 Å². The summed E-state index contributed by atoms with van der Waals surface area (Å²) in [6.45, 7) is 4.84. The molecule has 1 saturated heterocycles. The van der Waals surface area contributed by atoms with E-state index in [1.807, 2.05) is 24.0 Å². The lowest BCUT2D eigenvalue weighted by Crippen LogP contribution is -2.39. The maximum Gasteiger partial charge on any atom is 0.273 e. The fraction of sp³-hybridized carbons (Fsp3) is 0.538. The molecule has 1 aliphatic heterocycles. The van der Waals surface area contributed by atoms with Gasteiger partial charge in [-0.05, 0) is 30.9 Å². The molecule has 0 N–H and O–H groups in total. The number of hydrogen-bond acceptors (Lipinski definition) is 2. The number of rotatable bonds is 2. The Kier molecular flexibility index (Phi) is 3.67. The number of halogens is 1. The van der Waals surface area contributed by atoms with Crippen molar-refractivity contribution < 1.29 is 4.79 Å². The minimum atomic E-state index is 0.0121. The largest absolute Gasteiger partial charge is 0.333 e. The minimum absolute atomic E-state index is 0.0121. The van der Waals surface area contributed by atoms with E-state index in [0.29, 0.717) is 17.5 Å². The lowest BCUT2D eigenvalue weighted by molar-refractivity contribution is 0.0730. The van der Waals surface area contributed by atoms with Crippen LogP contribution in [0.5, 0.6) is 0 Å². The van der Waals surface area contributed by atoms with Crippen LogP contribution in [0.3, 0.4) is 0 Å². The van der Waals surface area contributed by atoms with Crippen LogP contribution in [-0.2, 0) is 0 Å². The molecule has 2 rings (SSSR count). The molecule has 0 spiro atoms. The van der Waals surface area contributed by atoms with E-state index in [-0.39, 0.29) is 11.9 Å². The summed E-state index contributed by atoms with van der Waals surface area (Å²) in [7, 11) is 0. The van der Waals surface area contributed by atoms with Gasteiger partial charge in [-0.1, -0.05) is 13.0 Å². The Morgan fingerprint density at radius 2 is 2.41 bits per heavy atom. The fourth-order valence-corrected chi connectivity index (χ4v) is 2.81. The van der Waals surface area contributed by atoms with Crippen molar-refractivity contribution in [2.75, 3.05) is 12.4 Å². The maximum atomic E-state index is 12.4. The fourth-order valence-electron chi connectivity index (χ4n) is 2.34. The Bertz CT molecular complexity index is 422. The summed E-state index contributed by atoms with van der Waals surface area (Å²) in [6.07, 6.45) is 2.68. The quantitative estimate of drug-likeness (QED) is 0.758. The topological polar surface area (TPSA) is 33.2 Å². The average Bonchev–Trinajstić information content (AvgIpc) is 2.70. The van der Waals surface area contributed by atoms with Crippen LogP contribution >= 0.6 is 11.6 Å². The van der Waals surface area contributed by atoms with E-state index in [1.54, 1.807) is 6.20 Å². The van der Waals surface area contributed by atoms with Crippen molar-refractivity contribution in [1.29, 1.82) is 0 Å².